The number of hydrogen-bond donors (Lipinski definition) is 1. The van der Waals surface area contributed by atoms with Crippen molar-refractivity contribution in [1.29, 1.82) is 0 Å². The molecule has 0 saturated heterocycles. The largest absolute Gasteiger partial charge is 0.478 e. The lowest BCUT2D eigenvalue weighted by molar-refractivity contribution is 0.0696. The molecule has 0 radical (unpaired) electrons. The summed E-state index contributed by atoms with van der Waals surface area (Å²) < 4.78 is 1.57. The quantitative estimate of drug-likeness (QED) is 0.680. The summed E-state index contributed by atoms with van der Waals surface area (Å²) in [6.07, 6.45) is 8.47. The molecule has 0 spiro atoms. The Morgan fingerprint density at radius 1 is 1.00 bits per heavy atom. The van der Waals surface area contributed by atoms with Crippen molar-refractivity contribution >= 4 is 11.8 Å². The third-order valence-electron chi connectivity index (χ3n) is 5.13. The van der Waals surface area contributed by atoms with Crippen molar-refractivity contribution in [3.8, 4) is 17.1 Å². The van der Waals surface area contributed by atoms with Crippen LogP contribution in [0.25, 0.3) is 17.1 Å². The zero-order valence-corrected chi connectivity index (χ0v) is 15.3. The van der Waals surface area contributed by atoms with Gasteiger partial charge in [-0.1, -0.05) is 36.6 Å². The molecule has 4 rings (SSSR count). The normalized spacial score (nSPS) is 14.7. The molecule has 1 N–H and O–H groups in total. The molecule has 0 amide bonds. The number of nitrogens with zero attached hydrogens (tertiary/aromatic N) is 4. The molecule has 142 valence electrons. The Hall–Kier alpha value is -3.35. The topological polar surface area (TPSA) is 98.0 Å². The van der Waals surface area contributed by atoms with E-state index in [1.54, 1.807) is 10.9 Å². The van der Waals surface area contributed by atoms with E-state index >= 15 is 0 Å². The molecule has 1 aliphatic carbocycles. The molecule has 0 atom stereocenters. The summed E-state index contributed by atoms with van der Waals surface area (Å²) in [5.74, 6) is -0.721. The van der Waals surface area contributed by atoms with Crippen LogP contribution in [0.1, 0.15) is 52.8 Å². The van der Waals surface area contributed by atoms with E-state index < -0.39 is 5.97 Å². The number of hydrogen-bond acceptors (Lipinski definition) is 5. The third-order valence-corrected chi connectivity index (χ3v) is 5.13. The highest BCUT2D eigenvalue weighted by molar-refractivity contribution is 5.98. The predicted molar refractivity (Wildman–Crippen MR) is 102 cm³/mol. The summed E-state index contributed by atoms with van der Waals surface area (Å²) in [5, 5.41) is 17.3. The van der Waals surface area contributed by atoms with Crippen LogP contribution in [-0.4, -0.2) is 36.8 Å². The van der Waals surface area contributed by atoms with Gasteiger partial charge in [0.2, 0.25) is 0 Å². The zero-order chi connectivity index (χ0) is 19.5. The van der Waals surface area contributed by atoms with E-state index in [0.717, 1.165) is 31.4 Å². The lowest BCUT2D eigenvalue weighted by Crippen LogP contribution is -2.18. The Morgan fingerprint density at radius 3 is 2.61 bits per heavy atom. The van der Waals surface area contributed by atoms with E-state index in [9.17, 15) is 9.59 Å². The standard InChI is InChI=1S/C21H20N4O3/c26-20(14-5-2-1-3-6-14)15-7-4-8-17(11-15)25-13-19(23-24-25)18-12-16(21(27)28)9-10-22-18/h4,7-14H,1-3,5-6H2,(H,27,28). The van der Waals surface area contributed by atoms with Crippen LogP contribution in [0.2, 0.25) is 0 Å². The number of carboxylic acid groups (broad SMARTS) is 1. The number of pyridine rings is 1. The van der Waals surface area contributed by atoms with E-state index in [-0.39, 0.29) is 17.3 Å². The van der Waals surface area contributed by atoms with Gasteiger partial charge >= 0.3 is 5.97 Å². The maximum absolute atomic E-state index is 12.8. The third kappa shape index (κ3) is 3.69. The summed E-state index contributed by atoms with van der Waals surface area (Å²) in [6, 6.07) is 10.3. The van der Waals surface area contributed by atoms with Gasteiger partial charge in [-0.15, -0.1) is 5.10 Å². The number of benzene rings is 1. The fraction of sp³-hybridized carbons (Fsp3) is 0.286. The molecule has 0 bridgehead atoms. The van der Waals surface area contributed by atoms with Gasteiger partial charge in [0.1, 0.15) is 5.69 Å². The molecule has 0 unspecified atom stereocenters. The van der Waals surface area contributed by atoms with E-state index in [1.165, 1.54) is 24.8 Å². The molecule has 1 aliphatic rings. The minimum absolute atomic E-state index is 0.110. The van der Waals surface area contributed by atoms with Gasteiger partial charge in [0.25, 0.3) is 0 Å². The second-order valence-electron chi connectivity index (χ2n) is 7.03. The fourth-order valence-electron chi connectivity index (χ4n) is 3.61. The second kappa shape index (κ2) is 7.72. The smallest absolute Gasteiger partial charge is 0.335 e. The second-order valence-corrected chi connectivity index (χ2v) is 7.03. The van der Waals surface area contributed by atoms with Crippen molar-refractivity contribution in [2.45, 2.75) is 32.1 Å². The number of carbonyl (C=O) groups is 2. The summed E-state index contributed by atoms with van der Waals surface area (Å²) in [7, 11) is 0. The highest BCUT2D eigenvalue weighted by Gasteiger charge is 2.22. The Kier molecular flexibility index (Phi) is 4.97. The lowest BCUT2D eigenvalue weighted by atomic mass is 9.84. The summed E-state index contributed by atoms with van der Waals surface area (Å²) in [4.78, 5) is 28.1. The molecule has 1 saturated carbocycles. The first-order valence-electron chi connectivity index (χ1n) is 9.38. The summed E-state index contributed by atoms with van der Waals surface area (Å²) >= 11 is 0. The Balaban J connectivity index is 1.60. The first-order valence-corrected chi connectivity index (χ1v) is 9.38. The number of aromatic carboxylic acids is 1. The van der Waals surface area contributed by atoms with Gasteiger partial charge in [-0.25, -0.2) is 9.48 Å². The molecule has 28 heavy (non-hydrogen) atoms. The van der Waals surface area contributed by atoms with Crippen molar-refractivity contribution in [2.24, 2.45) is 5.92 Å². The number of carboxylic acids is 1. The molecule has 1 aromatic carbocycles. The van der Waals surface area contributed by atoms with E-state index in [4.69, 9.17) is 5.11 Å². The molecule has 3 aromatic rings. The maximum atomic E-state index is 12.8. The molecule has 7 nitrogen and oxygen atoms in total. The molecule has 0 aliphatic heterocycles. The Morgan fingerprint density at radius 2 is 1.82 bits per heavy atom. The summed E-state index contributed by atoms with van der Waals surface area (Å²) in [5.41, 5.74) is 2.45. The van der Waals surface area contributed by atoms with Crippen LogP contribution < -0.4 is 0 Å². The minimum Gasteiger partial charge on any atom is -0.478 e. The molecular weight excluding hydrogens is 356 g/mol. The molecule has 2 heterocycles. The average molecular weight is 376 g/mol. The fourth-order valence-corrected chi connectivity index (χ4v) is 3.61. The van der Waals surface area contributed by atoms with Crippen LogP contribution in [0.4, 0.5) is 0 Å². The van der Waals surface area contributed by atoms with E-state index in [1.807, 2.05) is 24.3 Å². The summed E-state index contributed by atoms with van der Waals surface area (Å²) in [6.45, 7) is 0. The van der Waals surface area contributed by atoms with Gasteiger partial charge in [0.05, 0.1) is 23.1 Å². The van der Waals surface area contributed by atoms with Gasteiger partial charge in [0, 0.05) is 17.7 Å². The van der Waals surface area contributed by atoms with Gasteiger partial charge in [-0.2, -0.15) is 0 Å². The maximum Gasteiger partial charge on any atom is 0.335 e. The molecule has 1 fully saturated rings. The Bertz CT molecular complexity index is 1020. The van der Waals surface area contributed by atoms with Crippen LogP contribution in [0.3, 0.4) is 0 Å². The average Bonchev–Trinajstić information content (AvgIpc) is 3.24. The Labute approximate surface area is 162 Å². The molecule has 2 aromatic heterocycles. The van der Waals surface area contributed by atoms with Crippen molar-refractivity contribution < 1.29 is 14.7 Å². The van der Waals surface area contributed by atoms with Crippen LogP contribution in [0, 0.1) is 5.92 Å². The van der Waals surface area contributed by atoms with Crippen molar-refractivity contribution in [2.75, 3.05) is 0 Å². The number of carbonyl (C=O) groups excluding carboxylic acids is 1. The number of rotatable bonds is 5. The van der Waals surface area contributed by atoms with Crippen LogP contribution in [0.5, 0.6) is 0 Å². The van der Waals surface area contributed by atoms with Crippen LogP contribution in [0.15, 0.2) is 48.8 Å². The van der Waals surface area contributed by atoms with Crippen molar-refractivity contribution in [1.82, 2.24) is 20.0 Å². The van der Waals surface area contributed by atoms with Gasteiger partial charge < -0.3 is 5.11 Å². The minimum atomic E-state index is -1.02. The first kappa shape index (κ1) is 18.0. The van der Waals surface area contributed by atoms with Crippen molar-refractivity contribution in [3.05, 3.63) is 59.9 Å². The van der Waals surface area contributed by atoms with Crippen LogP contribution >= 0.6 is 0 Å². The SMILES string of the molecule is O=C(O)c1ccnc(-c2cn(-c3cccc(C(=O)C4CCCCC4)c3)nn2)c1. The van der Waals surface area contributed by atoms with Crippen LogP contribution in [-0.2, 0) is 0 Å². The van der Waals surface area contributed by atoms with E-state index in [2.05, 4.69) is 15.3 Å². The van der Waals surface area contributed by atoms with Crippen molar-refractivity contribution in [3.63, 3.8) is 0 Å². The lowest BCUT2D eigenvalue weighted by Gasteiger charge is -2.20. The monoisotopic (exact) mass is 376 g/mol. The first-order chi connectivity index (χ1) is 13.6. The number of Topliss-reactive ketones (excluding diaryl/α,β-unsaturated/α-hetero) is 1. The highest BCUT2D eigenvalue weighted by Crippen LogP contribution is 2.27. The zero-order valence-electron chi connectivity index (χ0n) is 15.3. The van der Waals surface area contributed by atoms with Gasteiger partial charge in [0.15, 0.2) is 5.78 Å². The molecular formula is C21H20N4O3. The van der Waals surface area contributed by atoms with E-state index in [0.29, 0.717) is 17.0 Å². The van der Waals surface area contributed by atoms with Gasteiger partial charge in [-0.3, -0.25) is 9.78 Å². The predicted octanol–water partition coefficient (Wildman–Crippen LogP) is 3.79. The number of aromatic nitrogens is 4. The number of ketones is 1. The molecule has 7 heteroatoms. The van der Waals surface area contributed by atoms with Gasteiger partial charge in [-0.05, 0) is 37.1 Å². The highest BCUT2D eigenvalue weighted by atomic mass is 16.4.